The zero-order valence-electron chi connectivity index (χ0n) is 15.5. The molecule has 2 heterocycles. The standard InChI is InChI=1S/C19H22ClN7S/c1-28-8-7-22-14-3-2-4-15(12(14)9-21)25-19-26-17-16(13(20)10-23-17)18(27-19)24-11-5-6-11/h2-4,9-11,21-22H,5-8H2,1H3,(H3,23,24,25,26,27). The largest absolute Gasteiger partial charge is 0.384 e. The van der Waals surface area contributed by atoms with Crippen LogP contribution in [0.4, 0.5) is 23.1 Å². The number of rotatable bonds is 9. The lowest BCUT2D eigenvalue weighted by atomic mass is 10.1. The second kappa shape index (κ2) is 8.28. The monoisotopic (exact) mass is 415 g/mol. The highest BCUT2D eigenvalue weighted by molar-refractivity contribution is 7.98. The normalized spacial score (nSPS) is 13.5. The third kappa shape index (κ3) is 4.02. The minimum Gasteiger partial charge on any atom is -0.384 e. The molecule has 1 aliphatic carbocycles. The molecule has 0 unspecified atom stereocenters. The van der Waals surface area contributed by atoms with E-state index in [1.54, 1.807) is 18.0 Å². The molecule has 0 amide bonds. The summed E-state index contributed by atoms with van der Waals surface area (Å²) in [6, 6.07) is 6.28. The number of benzene rings is 1. The minimum absolute atomic E-state index is 0.443. The molecular formula is C19H22ClN7S. The molecule has 1 aliphatic rings. The maximum Gasteiger partial charge on any atom is 0.231 e. The fourth-order valence-corrected chi connectivity index (χ4v) is 3.51. The molecule has 3 aromatic rings. The Bertz CT molecular complexity index is 999. The van der Waals surface area contributed by atoms with E-state index in [0.717, 1.165) is 53.3 Å². The van der Waals surface area contributed by atoms with E-state index >= 15 is 0 Å². The Morgan fingerprint density at radius 1 is 1.32 bits per heavy atom. The van der Waals surface area contributed by atoms with Gasteiger partial charge in [-0.25, -0.2) is 0 Å². The summed E-state index contributed by atoms with van der Waals surface area (Å²) in [7, 11) is 0. The number of aromatic nitrogens is 3. The summed E-state index contributed by atoms with van der Waals surface area (Å²) in [5.41, 5.74) is 3.14. The van der Waals surface area contributed by atoms with Crippen LogP contribution in [0.1, 0.15) is 18.4 Å². The number of H-pyrrole nitrogens is 1. The summed E-state index contributed by atoms with van der Waals surface area (Å²) >= 11 is 8.09. The van der Waals surface area contributed by atoms with E-state index in [1.807, 2.05) is 18.2 Å². The number of nitrogens with zero attached hydrogens (tertiary/aromatic N) is 2. The third-order valence-electron chi connectivity index (χ3n) is 4.52. The first-order valence-corrected chi connectivity index (χ1v) is 10.9. The zero-order chi connectivity index (χ0) is 19.5. The van der Waals surface area contributed by atoms with Crippen LogP contribution >= 0.6 is 23.4 Å². The van der Waals surface area contributed by atoms with Crippen molar-refractivity contribution in [3.63, 3.8) is 0 Å². The Kier molecular flexibility index (Phi) is 5.59. The molecule has 0 atom stereocenters. The number of halogens is 1. The van der Waals surface area contributed by atoms with E-state index in [-0.39, 0.29) is 0 Å². The van der Waals surface area contributed by atoms with Crippen LogP contribution in [0, 0.1) is 5.41 Å². The molecule has 1 aromatic carbocycles. The van der Waals surface area contributed by atoms with Gasteiger partial charge >= 0.3 is 0 Å². The zero-order valence-corrected chi connectivity index (χ0v) is 17.0. The van der Waals surface area contributed by atoms with Gasteiger partial charge in [-0.05, 0) is 31.2 Å². The smallest absolute Gasteiger partial charge is 0.231 e. The van der Waals surface area contributed by atoms with E-state index in [1.165, 1.54) is 6.21 Å². The van der Waals surface area contributed by atoms with Gasteiger partial charge in [0.25, 0.3) is 0 Å². The number of fused-ring (bicyclic) bond motifs is 1. The third-order valence-corrected chi connectivity index (χ3v) is 5.43. The summed E-state index contributed by atoms with van der Waals surface area (Å²) in [5, 5.41) is 19.3. The fraction of sp³-hybridized carbons (Fsp3) is 0.316. The molecule has 2 aromatic heterocycles. The van der Waals surface area contributed by atoms with Crippen molar-refractivity contribution >= 4 is 63.8 Å². The average molecular weight is 416 g/mol. The van der Waals surface area contributed by atoms with Crippen LogP contribution in [-0.4, -0.2) is 45.8 Å². The highest BCUT2D eigenvalue weighted by Gasteiger charge is 2.24. The van der Waals surface area contributed by atoms with Crippen LogP contribution in [0.3, 0.4) is 0 Å². The van der Waals surface area contributed by atoms with Gasteiger partial charge in [-0.2, -0.15) is 21.7 Å². The van der Waals surface area contributed by atoms with E-state index in [4.69, 9.17) is 17.0 Å². The van der Waals surface area contributed by atoms with Gasteiger partial charge in [0.05, 0.1) is 16.1 Å². The van der Waals surface area contributed by atoms with Crippen molar-refractivity contribution in [3.05, 3.63) is 35.0 Å². The lowest BCUT2D eigenvalue weighted by molar-refractivity contribution is 1.10. The molecule has 7 nitrogen and oxygen atoms in total. The van der Waals surface area contributed by atoms with Gasteiger partial charge in [-0.15, -0.1) is 0 Å². The summed E-state index contributed by atoms with van der Waals surface area (Å²) in [6.45, 7) is 0.838. The van der Waals surface area contributed by atoms with E-state index < -0.39 is 0 Å². The lowest BCUT2D eigenvalue weighted by Gasteiger charge is -2.15. The molecule has 0 bridgehead atoms. The van der Waals surface area contributed by atoms with Crippen molar-refractivity contribution in [2.24, 2.45) is 0 Å². The molecule has 4 rings (SSSR count). The molecule has 1 saturated carbocycles. The molecule has 0 saturated heterocycles. The van der Waals surface area contributed by atoms with Crippen molar-refractivity contribution in [1.29, 1.82) is 5.41 Å². The predicted octanol–water partition coefficient (Wildman–Crippen LogP) is 4.70. The van der Waals surface area contributed by atoms with E-state index in [0.29, 0.717) is 22.7 Å². The van der Waals surface area contributed by atoms with E-state index in [2.05, 4.69) is 37.2 Å². The Morgan fingerprint density at radius 2 is 2.14 bits per heavy atom. The molecule has 146 valence electrons. The predicted molar refractivity (Wildman–Crippen MR) is 120 cm³/mol. The van der Waals surface area contributed by atoms with Gasteiger partial charge in [0, 0.05) is 42.0 Å². The van der Waals surface area contributed by atoms with Gasteiger partial charge in [-0.1, -0.05) is 17.7 Å². The van der Waals surface area contributed by atoms with Crippen LogP contribution in [0.25, 0.3) is 11.0 Å². The summed E-state index contributed by atoms with van der Waals surface area (Å²) in [5.74, 6) is 2.18. The topological polar surface area (TPSA) is 102 Å². The van der Waals surface area contributed by atoms with Crippen molar-refractivity contribution in [1.82, 2.24) is 15.0 Å². The van der Waals surface area contributed by atoms with Crippen molar-refractivity contribution in [2.75, 3.05) is 34.5 Å². The average Bonchev–Trinajstić information content (AvgIpc) is 3.43. The first-order valence-electron chi connectivity index (χ1n) is 9.14. The fourth-order valence-electron chi connectivity index (χ4n) is 2.97. The molecule has 0 aliphatic heterocycles. The van der Waals surface area contributed by atoms with Crippen molar-refractivity contribution < 1.29 is 0 Å². The molecular weight excluding hydrogens is 394 g/mol. The second-order valence-corrected chi connectivity index (χ2v) is 8.02. The maximum atomic E-state index is 7.86. The number of nitrogens with one attached hydrogen (secondary N) is 5. The summed E-state index contributed by atoms with van der Waals surface area (Å²) < 4.78 is 0. The highest BCUT2D eigenvalue weighted by Crippen LogP contribution is 2.34. The molecule has 0 spiro atoms. The number of thioether (sulfide) groups is 1. The maximum absolute atomic E-state index is 7.86. The number of hydrogen-bond donors (Lipinski definition) is 5. The van der Waals surface area contributed by atoms with Gasteiger partial charge in [-0.3, -0.25) is 0 Å². The van der Waals surface area contributed by atoms with Gasteiger partial charge in [0.15, 0.2) is 0 Å². The second-order valence-electron chi connectivity index (χ2n) is 6.63. The number of anilines is 4. The number of aromatic amines is 1. The molecule has 9 heteroatoms. The first-order chi connectivity index (χ1) is 13.7. The van der Waals surface area contributed by atoms with Crippen LogP contribution in [0.15, 0.2) is 24.4 Å². The van der Waals surface area contributed by atoms with Crippen LogP contribution in [0.5, 0.6) is 0 Å². The Morgan fingerprint density at radius 3 is 2.89 bits per heavy atom. The minimum atomic E-state index is 0.443. The first kappa shape index (κ1) is 18.9. The van der Waals surface area contributed by atoms with Crippen molar-refractivity contribution in [2.45, 2.75) is 18.9 Å². The Balaban J connectivity index is 1.66. The lowest BCUT2D eigenvalue weighted by Crippen LogP contribution is -2.09. The summed E-state index contributed by atoms with van der Waals surface area (Å²) in [6.07, 6.45) is 7.42. The van der Waals surface area contributed by atoms with Gasteiger partial charge in [0.1, 0.15) is 11.5 Å². The van der Waals surface area contributed by atoms with Crippen LogP contribution in [-0.2, 0) is 0 Å². The van der Waals surface area contributed by atoms with E-state index in [9.17, 15) is 0 Å². The van der Waals surface area contributed by atoms with Crippen molar-refractivity contribution in [3.8, 4) is 0 Å². The summed E-state index contributed by atoms with van der Waals surface area (Å²) in [4.78, 5) is 12.3. The van der Waals surface area contributed by atoms with Crippen LogP contribution < -0.4 is 16.0 Å². The molecule has 5 N–H and O–H groups in total. The Hall–Kier alpha value is -2.45. The quantitative estimate of drug-likeness (QED) is 0.256. The molecule has 0 radical (unpaired) electrons. The molecule has 28 heavy (non-hydrogen) atoms. The highest BCUT2D eigenvalue weighted by atomic mass is 35.5. The Labute approximate surface area is 172 Å². The van der Waals surface area contributed by atoms with Gasteiger partial charge in [0.2, 0.25) is 5.95 Å². The SMILES string of the molecule is CSCCNc1cccc(Nc2nc(NC3CC3)c3c(Cl)c[nH]c3n2)c1C=N. The number of hydrogen-bond acceptors (Lipinski definition) is 7. The van der Waals surface area contributed by atoms with Crippen LogP contribution in [0.2, 0.25) is 5.02 Å². The van der Waals surface area contributed by atoms with Gasteiger partial charge < -0.3 is 26.3 Å². The molecule has 1 fully saturated rings.